The number of carbonyl (C=O) groups excluding carboxylic acids is 1. The number of anilines is 1. The maximum Gasteiger partial charge on any atom is 0.243 e. The standard InChI is InChI=1S/C18H31N5O2S/c1-5-14-20-16(26-21-14)23-9-7-8-22(10-11-23)15(24)18(19)12-13(25-6-2)17(18,3)4/h13H,5-12,19H2,1-4H3. The summed E-state index contributed by atoms with van der Waals surface area (Å²) >= 11 is 1.45. The average Bonchev–Trinajstić information content (AvgIpc) is 2.97. The Balaban J connectivity index is 1.64. The quantitative estimate of drug-likeness (QED) is 0.835. The minimum absolute atomic E-state index is 0.0544. The Kier molecular flexibility index (Phi) is 5.55. The lowest BCUT2D eigenvalue weighted by atomic mass is 9.54. The Morgan fingerprint density at radius 3 is 2.69 bits per heavy atom. The molecular weight excluding hydrogens is 350 g/mol. The van der Waals surface area contributed by atoms with Crippen LogP contribution >= 0.6 is 11.5 Å². The molecule has 2 atom stereocenters. The molecule has 1 aromatic heterocycles. The highest BCUT2D eigenvalue weighted by Crippen LogP contribution is 2.50. The summed E-state index contributed by atoms with van der Waals surface area (Å²) in [7, 11) is 0. The van der Waals surface area contributed by atoms with Gasteiger partial charge in [-0.25, -0.2) is 4.98 Å². The first-order chi connectivity index (χ1) is 12.3. The van der Waals surface area contributed by atoms with Gasteiger partial charge >= 0.3 is 0 Å². The Morgan fingerprint density at radius 2 is 2.08 bits per heavy atom. The summed E-state index contributed by atoms with van der Waals surface area (Å²) in [4.78, 5) is 22.0. The molecule has 146 valence electrons. The van der Waals surface area contributed by atoms with Crippen molar-refractivity contribution in [3.8, 4) is 0 Å². The normalized spacial score (nSPS) is 28.6. The highest BCUT2D eigenvalue weighted by atomic mass is 32.1. The summed E-state index contributed by atoms with van der Waals surface area (Å²) < 4.78 is 10.1. The van der Waals surface area contributed by atoms with E-state index in [2.05, 4.69) is 21.2 Å². The second-order valence-corrected chi connectivity index (χ2v) is 8.55. The Bertz CT molecular complexity index is 649. The van der Waals surface area contributed by atoms with Crippen LogP contribution in [0.15, 0.2) is 0 Å². The van der Waals surface area contributed by atoms with E-state index >= 15 is 0 Å². The molecule has 8 heteroatoms. The van der Waals surface area contributed by atoms with Crippen molar-refractivity contribution in [3.63, 3.8) is 0 Å². The number of carbonyl (C=O) groups is 1. The van der Waals surface area contributed by atoms with Crippen LogP contribution in [0.4, 0.5) is 5.13 Å². The van der Waals surface area contributed by atoms with E-state index < -0.39 is 5.54 Å². The molecule has 1 saturated carbocycles. The van der Waals surface area contributed by atoms with Gasteiger partial charge in [-0.15, -0.1) is 0 Å². The van der Waals surface area contributed by atoms with Gasteiger partial charge in [-0.3, -0.25) is 4.79 Å². The van der Waals surface area contributed by atoms with Crippen LogP contribution in [0.3, 0.4) is 0 Å². The number of aromatic nitrogens is 2. The number of hydrogen-bond donors (Lipinski definition) is 1. The molecular formula is C18H31N5O2S. The van der Waals surface area contributed by atoms with Gasteiger partial charge in [-0.2, -0.15) is 4.37 Å². The van der Waals surface area contributed by atoms with Crippen LogP contribution in [0.5, 0.6) is 0 Å². The summed E-state index contributed by atoms with van der Waals surface area (Å²) in [6, 6.07) is 0. The van der Waals surface area contributed by atoms with E-state index in [-0.39, 0.29) is 17.4 Å². The predicted octanol–water partition coefficient (Wildman–Crippen LogP) is 1.67. The van der Waals surface area contributed by atoms with Crippen LogP contribution in [-0.4, -0.2) is 64.6 Å². The zero-order valence-electron chi connectivity index (χ0n) is 16.3. The van der Waals surface area contributed by atoms with Crippen LogP contribution in [-0.2, 0) is 16.0 Å². The Morgan fingerprint density at radius 1 is 1.31 bits per heavy atom. The summed E-state index contributed by atoms with van der Waals surface area (Å²) in [5.74, 6) is 0.952. The van der Waals surface area contributed by atoms with Gasteiger partial charge in [0.1, 0.15) is 11.4 Å². The van der Waals surface area contributed by atoms with Gasteiger partial charge in [-0.1, -0.05) is 20.8 Å². The third-order valence-corrected chi connectivity index (χ3v) is 6.85. The summed E-state index contributed by atoms with van der Waals surface area (Å²) in [5.41, 5.74) is 5.41. The third-order valence-electron chi connectivity index (χ3n) is 6.04. The number of amides is 1. The zero-order chi connectivity index (χ0) is 18.9. The van der Waals surface area contributed by atoms with Crippen LogP contribution in [0.1, 0.15) is 46.4 Å². The number of rotatable bonds is 5. The number of ether oxygens (including phenoxy) is 1. The second-order valence-electron chi connectivity index (χ2n) is 7.82. The molecule has 7 nitrogen and oxygen atoms in total. The maximum atomic E-state index is 13.2. The second kappa shape index (κ2) is 7.40. The molecule has 1 aromatic rings. The van der Waals surface area contributed by atoms with Gasteiger partial charge < -0.3 is 20.3 Å². The predicted molar refractivity (Wildman–Crippen MR) is 103 cm³/mol. The van der Waals surface area contributed by atoms with Gasteiger partial charge in [0.2, 0.25) is 11.0 Å². The maximum absolute atomic E-state index is 13.2. The van der Waals surface area contributed by atoms with Crippen molar-refractivity contribution in [2.75, 3.05) is 37.7 Å². The van der Waals surface area contributed by atoms with E-state index in [9.17, 15) is 4.79 Å². The number of hydrogen-bond acceptors (Lipinski definition) is 7. The first-order valence-corrected chi connectivity index (χ1v) is 10.4. The topological polar surface area (TPSA) is 84.6 Å². The van der Waals surface area contributed by atoms with Crippen LogP contribution in [0.25, 0.3) is 0 Å². The van der Waals surface area contributed by atoms with Gasteiger partial charge in [0.25, 0.3) is 0 Å². The first-order valence-electron chi connectivity index (χ1n) is 9.61. The molecule has 2 heterocycles. The highest BCUT2D eigenvalue weighted by Gasteiger charge is 2.63. The number of nitrogens with two attached hydrogens (primary N) is 1. The Hall–Kier alpha value is -1.25. The minimum atomic E-state index is -0.833. The van der Waals surface area contributed by atoms with Crippen molar-refractivity contribution in [1.82, 2.24) is 14.3 Å². The summed E-state index contributed by atoms with van der Waals surface area (Å²) in [5, 5.41) is 0.957. The largest absolute Gasteiger partial charge is 0.378 e. The van der Waals surface area contributed by atoms with Gasteiger partial charge in [0.05, 0.1) is 6.10 Å². The lowest BCUT2D eigenvalue weighted by molar-refractivity contribution is -0.179. The molecule has 0 aromatic carbocycles. The fourth-order valence-electron chi connectivity index (χ4n) is 3.91. The molecule has 1 saturated heterocycles. The SMILES string of the molecule is CCOC1CC(N)(C(=O)N2CCCN(c3nc(CC)ns3)CC2)C1(C)C. The molecule has 1 aliphatic heterocycles. The first kappa shape index (κ1) is 19.5. The van der Waals surface area contributed by atoms with Crippen molar-refractivity contribution in [2.24, 2.45) is 11.1 Å². The smallest absolute Gasteiger partial charge is 0.243 e. The molecule has 3 rings (SSSR count). The monoisotopic (exact) mass is 381 g/mol. The molecule has 0 bridgehead atoms. The molecule has 1 aliphatic carbocycles. The van der Waals surface area contributed by atoms with Gasteiger partial charge in [-0.05, 0) is 13.3 Å². The van der Waals surface area contributed by atoms with Crippen molar-refractivity contribution in [3.05, 3.63) is 5.82 Å². The van der Waals surface area contributed by atoms with E-state index in [1.54, 1.807) is 0 Å². The van der Waals surface area contributed by atoms with E-state index in [4.69, 9.17) is 10.5 Å². The van der Waals surface area contributed by atoms with Crippen LogP contribution in [0, 0.1) is 5.41 Å². The third kappa shape index (κ3) is 3.23. The van der Waals surface area contributed by atoms with Crippen molar-refractivity contribution in [1.29, 1.82) is 0 Å². The molecule has 2 fully saturated rings. The highest BCUT2D eigenvalue weighted by molar-refractivity contribution is 7.09. The lowest BCUT2D eigenvalue weighted by Crippen LogP contribution is -2.76. The van der Waals surface area contributed by atoms with E-state index in [0.717, 1.165) is 43.4 Å². The van der Waals surface area contributed by atoms with Gasteiger partial charge in [0.15, 0.2) is 0 Å². The Labute approximate surface area is 160 Å². The molecule has 1 amide bonds. The van der Waals surface area contributed by atoms with Crippen LogP contribution < -0.4 is 10.6 Å². The van der Waals surface area contributed by atoms with Crippen molar-refractivity contribution < 1.29 is 9.53 Å². The summed E-state index contributed by atoms with van der Waals surface area (Å²) in [6.07, 6.45) is 2.42. The number of aryl methyl sites for hydroxylation is 1. The lowest BCUT2D eigenvalue weighted by Gasteiger charge is -2.58. The molecule has 0 radical (unpaired) electrons. The minimum Gasteiger partial charge on any atom is -0.378 e. The van der Waals surface area contributed by atoms with E-state index in [1.165, 1.54) is 11.5 Å². The summed E-state index contributed by atoms with van der Waals surface area (Å²) in [6.45, 7) is 11.9. The van der Waals surface area contributed by atoms with Crippen molar-refractivity contribution >= 4 is 22.6 Å². The zero-order valence-corrected chi connectivity index (χ0v) is 17.1. The molecule has 26 heavy (non-hydrogen) atoms. The van der Waals surface area contributed by atoms with Crippen molar-refractivity contribution in [2.45, 2.75) is 58.6 Å². The molecule has 0 spiro atoms. The van der Waals surface area contributed by atoms with Gasteiger partial charge in [0, 0.05) is 62.6 Å². The fraction of sp³-hybridized carbons (Fsp3) is 0.833. The fourth-order valence-corrected chi connectivity index (χ4v) is 4.71. The van der Waals surface area contributed by atoms with Crippen LogP contribution in [0.2, 0.25) is 0 Å². The average molecular weight is 382 g/mol. The molecule has 2 aliphatic rings. The van der Waals surface area contributed by atoms with E-state index in [0.29, 0.717) is 19.6 Å². The molecule has 2 unspecified atom stereocenters. The molecule has 2 N–H and O–H groups in total. The van der Waals surface area contributed by atoms with E-state index in [1.807, 2.05) is 25.7 Å². The number of nitrogens with zero attached hydrogens (tertiary/aromatic N) is 4.